The number of nitrogens with one attached hydrogen (secondary N) is 1. The Hall–Kier alpha value is -3.62. The molecule has 1 aliphatic rings. The third-order valence-electron chi connectivity index (χ3n) is 3.21. The molecule has 3 rings (SSSR count). The van der Waals surface area contributed by atoms with Gasteiger partial charge in [-0.05, 0) is 5.56 Å². The van der Waals surface area contributed by atoms with Crippen molar-refractivity contribution < 1.29 is 23.9 Å². The molecular weight excluding hydrogens is 330 g/mol. The van der Waals surface area contributed by atoms with E-state index in [0.717, 1.165) is 5.56 Å². The summed E-state index contributed by atoms with van der Waals surface area (Å²) in [5.41, 5.74) is 2.78. The van der Waals surface area contributed by atoms with Crippen LogP contribution in [-0.4, -0.2) is 30.4 Å². The van der Waals surface area contributed by atoms with Gasteiger partial charge in [0.25, 0.3) is 5.91 Å². The Balaban J connectivity index is 1.60. The molecule has 9 heteroatoms. The SMILES string of the molecule is O=C(COc1cc2c(cc1[N+](=O)[O-])OCO2)N/N=C/c1ccccc1. The van der Waals surface area contributed by atoms with Crippen molar-refractivity contribution in [3.8, 4) is 17.2 Å². The minimum Gasteiger partial charge on any atom is -0.477 e. The zero-order valence-electron chi connectivity index (χ0n) is 12.9. The van der Waals surface area contributed by atoms with Gasteiger partial charge in [-0.3, -0.25) is 14.9 Å². The van der Waals surface area contributed by atoms with Gasteiger partial charge in [0.15, 0.2) is 18.1 Å². The second kappa shape index (κ2) is 7.30. The predicted molar refractivity (Wildman–Crippen MR) is 86.9 cm³/mol. The smallest absolute Gasteiger partial charge is 0.314 e. The quantitative estimate of drug-likeness (QED) is 0.487. The maximum absolute atomic E-state index is 11.7. The lowest BCUT2D eigenvalue weighted by molar-refractivity contribution is -0.385. The Bertz CT molecular complexity index is 822. The van der Waals surface area contributed by atoms with E-state index in [1.807, 2.05) is 30.3 Å². The van der Waals surface area contributed by atoms with Gasteiger partial charge < -0.3 is 14.2 Å². The molecule has 2 aromatic rings. The van der Waals surface area contributed by atoms with Crippen molar-refractivity contribution in [3.05, 3.63) is 58.1 Å². The molecule has 2 aromatic carbocycles. The highest BCUT2D eigenvalue weighted by Gasteiger charge is 2.24. The molecule has 25 heavy (non-hydrogen) atoms. The average Bonchev–Trinajstić information content (AvgIpc) is 3.07. The Morgan fingerprint density at radius 2 is 2.00 bits per heavy atom. The standard InChI is InChI=1S/C16H13N3O6/c20-16(18-17-8-11-4-2-1-3-5-11)9-23-13-7-15-14(24-10-25-15)6-12(13)19(21)22/h1-8H,9-10H2,(H,18,20)/b17-8+. The number of carbonyl (C=O) groups excluding carboxylic acids is 1. The summed E-state index contributed by atoms with van der Waals surface area (Å²) in [5.74, 6) is -0.0605. The molecule has 1 aliphatic heterocycles. The number of nitro groups is 1. The van der Waals surface area contributed by atoms with Crippen LogP contribution in [0.15, 0.2) is 47.6 Å². The Kier molecular flexibility index (Phi) is 4.74. The molecule has 0 radical (unpaired) electrons. The zero-order chi connectivity index (χ0) is 17.6. The summed E-state index contributed by atoms with van der Waals surface area (Å²) in [6.45, 7) is -0.461. The van der Waals surface area contributed by atoms with Crippen molar-refractivity contribution >= 4 is 17.8 Å². The topological polar surface area (TPSA) is 112 Å². The monoisotopic (exact) mass is 343 g/mol. The number of hydrogen-bond acceptors (Lipinski definition) is 7. The van der Waals surface area contributed by atoms with Crippen molar-refractivity contribution in [3.63, 3.8) is 0 Å². The van der Waals surface area contributed by atoms with Gasteiger partial charge in [0.1, 0.15) is 0 Å². The molecule has 0 saturated carbocycles. The van der Waals surface area contributed by atoms with E-state index in [1.165, 1.54) is 18.3 Å². The van der Waals surface area contributed by atoms with E-state index in [-0.39, 0.29) is 24.0 Å². The van der Waals surface area contributed by atoms with Crippen molar-refractivity contribution in [2.75, 3.05) is 13.4 Å². The largest absolute Gasteiger partial charge is 0.477 e. The van der Waals surface area contributed by atoms with Crippen LogP contribution in [-0.2, 0) is 4.79 Å². The summed E-state index contributed by atoms with van der Waals surface area (Å²) in [4.78, 5) is 22.2. The van der Waals surface area contributed by atoms with Crippen LogP contribution in [0.2, 0.25) is 0 Å². The van der Waals surface area contributed by atoms with E-state index in [2.05, 4.69) is 10.5 Å². The van der Waals surface area contributed by atoms with Gasteiger partial charge in [0.2, 0.25) is 12.5 Å². The fraction of sp³-hybridized carbons (Fsp3) is 0.125. The molecule has 0 atom stereocenters. The normalized spacial score (nSPS) is 12.2. The Morgan fingerprint density at radius 1 is 1.28 bits per heavy atom. The minimum atomic E-state index is -0.622. The van der Waals surface area contributed by atoms with Crippen LogP contribution in [0.4, 0.5) is 5.69 Å². The molecule has 0 unspecified atom stereocenters. The van der Waals surface area contributed by atoms with Gasteiger partial charge in [-0.2, -0.15) is 5.10 Å². The number of amides is 1. The first-order valence-corrected chi connectivity index (χ1v) is 7.21. The summed E-state index contributed by atoms with van der Waals surface area (Å²) in [7, 11) is 0. The van der Waals surface area contributed by atoms with Crippen LogP contribution >= 0.6 is 0 Å². The summed E-state index contributed by atoms with van der Waals surface area (Å²) < 4.78 is 15.5. The number of fused-ring (bicyclic) bond motifs is 1. The molecule has 0 fully saturated rings. The average molecular weight is 343 g/mol. The van der Waals surface area contributed by atoms with E-state index in [1.54, 1.807) is 0 Å². The zero-order valence-corrected chi connectivity index (χ0v) is 12.9. The second-order valence-corrected chi connectivity index (χ2v) is 4.92. The fourth-order valence-corrected chi connectivity index (χ4v) is 2.06. The number of hydrogen-bond donors (Lipinski definition) is 1. The lowest BCUT2D eigenvalue weighted by atomic mass is 10.2. The van der Waals surface area contributed by atoms with Crippen molar-refractivity contribution in [2.24, 2.45) is 5.10 Å². The number of nitro benzene ring substituents is 1. The van der Waals surface area contributed by atoms with Crippen molar-refractivity contribution in [2.45, 2.75) is 0 Å². The van der Waals surface area contributed by atoms with Gasteiger partial charge in [-0.15, -0.1) is 0 Å². The molecule has 1 amide bonds. The molecule has 0 saturated heterocycles. The Morgan fingerprint density at radius 3 is 2.72 bits per heavy atom. The first-order valence-electron chi connectivity index (χ1n) is 7.21. The van der Waals surface area contributed by atoms with Crippen LogP contribution in [0.5, 0.6) is 17.2 Å². The molecule has 9 nitrogen and oxygen atoms in total. The van der Waals surface area contributed by atoms with Crippen molar-refractivity contribution in [1.29, 1.82) is 0 Å². The number of hydrazone groups is 1. The number of rotatable bonds is 6. The van der Waals surface area contributed by atoms with Crippen LogP contribution < -0.4 is 19.6 Å². The molecule has 0 aliphatic carbocycles. The molecular formula is C16H13N3O6. The second-order valence-electron chi connectivity index (χ2n) is 4.92. The summed E-state index contributed by atoms with van der Waals surface area (Å²) in [6, 6.07) is 11.7. The highest BCUT2D eigenvalue weighted by Crippen LogP contribution is 2.41. The Labute approximate surface area is 142 Å². The van der Waals surface area contributed by atoms with Gasteiger partial charge in [0.05, 0.1) is 17.2 Å². The lowest BCUT2D eigenvalue weighted by Gasteiger charge is -2.07. The molecule has 0 aromatic heterocycles. The highest BCUT2D eigenvalue weighted by atomic mass is 16.7. The molecule has 1 N–H and O–H groups in total. The van der Waals surface area contributed by atoms with Gasteiger partial charge in [-0.1, -0.05) is 30.3 Å². The summed E-state index contributed by atoms with van der Waals surface area (Å²) in [5, 5.41) is 14.9. The van der Waals surface area contributed by atoms with Crippen LogP contribution in [0, 0.1) is 10.1 Å². The first kappa shape index (κ1) is 16.2. The number of nitrogens with zero attached hydrogens (tertiary/aromatic N) is 2. The molecule has 0 spiro atoms. The number of benzene rings is 2. The lowest BCUT2D eigenvalue weighted by Crippen LogP contribution is -2.24. The van der Waals surface area contributed by atoms with E-state index in [9.17, 15) is 14.9 Å². The van der Waals surface area contributed by atoms with Gasteiger partial charge in [-0.25, -0.2) is 5.43 Å². The molecule has 128 valence electrons. The fourth-order valence-electron chi connectivity index (χ4n) is 2.06. The van der Waals surface area contributed by atoms with Gasteiger partial charge in [0, 0.05) is 6.07 Å². The predicted octanol–water partition coefficient (Wildman–Crippen LogP) is 1.85. The van der Waals surface area contributed by atoms with Crippen LogP contribution in [0.1, 0.15) is 5.56 Å². The van der Waals surface area contributed by atoms with E-state index >= 15 is 0 Å². The maximum atomic E-state index is 11.7. The number of carbonyl (C=O) groups is 1. The number of ether oxygens (including phenoxy) is 3. The van der Waals surface area contributed by atoms with Gasteiger partial charge >= 0.3 is 5.69 Å². The third-order valence-corrected chi connectivity index (χ3v) is 3.21. The molecule has 1 heterocycles. The molecule has 0 bridgehead atoms. The highest BCUT2D eigenvalue weighted by molar-refractivity contribution is 5.82. The first-order chi connectivity index (χ1) is 12.1. The van der Waals surface area contributed by atoms with E-state index in [0.29, 0.717) is 5.75 Å². The summed E-state index contributed by atoms with van der Waals surface area (Å²) >= 11 is 0. The minimum absolute atomic E-state index is 0.0232. The summed E-state index contributed by atoms with van der Waals surface area (Å²) in [6.07, 6.45) is 1.47. The maximum Gasteiger partial charge on any atom is 0.314 e. The van der Waals surface area contributed by atoms with Crippen molar-refractivity contribution in [1.82, 2.24) is 5.43 Å². The van der Waals surface area contributed by atoms with E-state index < -0.39 is 17.4 Å². The third kappa shape index (κ3) is 4.02. The van der Waals surface area contributed by atoms with E-state index in [4.69, 9.17) is 14.2 Å². The van der Waals surface area contributed by atoms with Crippen LogP contribution in [0.25, 0.3) is 0 Å². The van der Waals surface area contributed by atoms with Crippen LogP contribution in [0.3, 0.4) is 0 Å².